The van der Waals surface area contributed by atoms with E-state index in [2.05, 4.69) is 4.98 Å². The van der Waals surface area contributed by atoms with Crippen LogP contribution in [0.5, 0.6) is 5.75 Å². The first kappa shape index (κ1) is 19.3. The van der Waals surface area contributed by atoms with E-state index in [9.17, 15) is 13.6 Å². The van der Waals surface area contributed by atoms with Gasteiger partial charge in [0.2, 0.25) is 0 Å². The average Bonchev–Trinajstić information content (AvgIpc) is 3.13. The van der Waals surface area contributed by atoms with Crippen LogP contribution < -0.4 is 4.74 Å². The number of carbonyl (C=O) groups is 1. The normalized spacial score (nSPS) is 14.4. The van der Waals surface area contributed by atoms with E-state index in [1.54, 1.807) is 12.3 Å². The van der Waals surface area contributed by atoms with Crippen LogP contribution in [-0.4, -0.2) is 22.7 Å². The van der Waals surface area contributed by atoms with E-state index >= 15 is 0 Å². The molecule has 1 aliphatic carbocycles. The van der Waals surface area contributed by atoms with Gasteiger partial charge in [0.05, 0.1) is 6.61 Å². The fourth-order valence-corrected chi connectivity index (χ4v) is 3.60. The fraction of sp³-hybridized carbons (Fsp3) is 0.429. The Hall–Kier alpha value is -2.50. The van der Waals surface area contributed by atoms with E-state index in [0.717, 1.165) is 17.7 Å². The number of pyridine rings is 1. The molecule has 0 spiro atoms. The molecule has 144 valence electrons. The Morgan fingerprint density at radius 2 is 1.93 bits per heavy atom. The van der Waals surface area contributed by atoms with Gasteiger partial charge in [-0.15, -0.1) is 0 Å². The van der Waals surface area contributed by atoms with Crippen molar-refractivity contribution < 1.29 is 23.4 Å². The minimum Gasteiger partial charge on any atom is -0.488 e. The Kier molecular flexibility index (Phi) is 6.37. The Morgan fingerprint density at radius 1 is 1.22 bits per heavy atom. The quantitative estimate of drug-likeness (QED) is 0.660. The molecular formula is C21H23F2NO3. The standard InChI is InChI=1S/C21H23F2NO3/c22-17-12-15(13-18(23)21(17)27-10-4-8-20(25)26)16-7-3-9-24-19(16)11-14-5-1-2-6-14/h3,7,9,12-14H,1-2,4-6,8,10-11H2,(H,25,26). The third-order valence-corrected chi connectivity index (χ3v) is 4.94. The number of carboxylic acid groups (broad SMARTS) is 1. The van der Waals surface area contributed by atoms with Gasteiger partial charge in [0.1, 0.15) is 0 Å². The molecule has 1 aromatic heterocycles. The summed E-state index contributed by atoms with van der Waals surface area (Å²) in [6.07, 6.45) is 7.39. The number of ether oxygens (including phenoxy) is 1. The number of hydrogen-bond donors (Lipinski definition) is 1. The van der Waals surface area contributed by atoms with Gasteiger partial charge in [-0.2, -0.15) is 0 Å². The fourth-order valence-electron chi connectivity index (χ4n) is 3.60. The number of benzene rings is 1. The molecule has 2 aromatic rings. The van der Waals surface area contributed by atoms with Crippen molar-refractivity contribution in [1.29, 1.82) is 0 Å². The Balaban J connectivity index is 1.78. The van der Waals surface area contributed by atoms with Gasteiger partial charge in [-0.3, -0.25) is 9.78 Å². The second kappa shape index (κ2) is 8.93. The largest absolute Gasteiger partial charge is 0.488 e. The lowest BCUT2D eigenvalue weighted by atomic mass is 9.95. The van der Waals surface area contributed by atoms with Crippen molar-refractivity contribution in [3.05, 3.63) is 47.8 Å². The van der Waals surface area contributed by atoms with E-state index in [-0.39, 0.29) is 19.4 Å². The summed E-state index contributed by atoms with van der Waals surface area (Å²) in [4.78, 5) is 14.9. The Labute approximate surface area is 157 Å². The van der Waals surface area contributed by atoms with Gasteiger partial charge in [0.15, 0.2) is 17.4 Å². The number of hydrogen-bond acceptors (Lipinski definition) is 3. The number of halogens is 2. The summed E-state index contributed by atoms with van der Waals surface area (Å²) < 4.78 is 34.0. The predicted molar refractivity (Wildman–Crippen MR) is 97.6 cm³/mol. The highest BCUT2D eigenvalue weighted by atomic mass is 19.1. The number of aliphatic carboxylic acids is 1. The molecule has 4 nitrogen and oxygen atoms in total. The molecule has 0 aliphatic heterocycles. The summed E-state index contributed by atoms with van der Waals surface area (Å²) in [5.41, 5.74) is 2.03. The first-order valence-corrected chi connectivity index (χ1v) is 9.32. The van der Waals surface area contributed by atoms with Crippen molar-refractivity contribution in [1.82, 2.24) is 4.98 Å². The second-order valence-corrected chi connectivity index (χ2v) is 6.97. The van der Waals surface area contributed by atoms with Crippen molar-refractivity contribution in [2.24, 2.45) is 5.92 Å². The maximum Gasteiger partial charge on any atom is 0.303 e. The lowest BCUT2D eigenvalue weighted by molar-refractivity contribution is -0.137. The first-order chi connectivity index (χ1) is 13.0. The minimum absolute atomic E-state index is 0.0562. The molecule has 0 unspecified atom stereocenters. The van der Waals surface area contributed by atoms with Crippen molar-refractivity contribution in [2.45, 2.75) is 44.9 Å². The van der Waals surface area contributed by atoms with Crippen molar-refractivity contribution in [3.63, 3.8) is 0 Å². The van der Waals surface area contributed by atoms with E-state index in [0.29, 0.717) is 11.5 Å². The van der Waals surface area contributed by atoms with Crippen LogP contribution in [0.2, 0.25) is 0 Å². The summed E-state index contributed by atoms with van der Waals surface area (Å²) in [6.45, 7) is -0.0562. The van der Waals surface area contributed by atoms with Gasteiger partial charge in [-0.1, -0.05) is 31.7 Å². The van der Waals surface area contributed by atoms with Gasteiger partial charge in [0.25, 0.3) is 0 Å². The summed E-state index contributed by atoms with van der Waals surface area (Å²) in [5, 5.41) is 8.60. The van der Waals surface area contributed by atoms with Crippen molar-refractivity contribution in [2.75, 3.05) is 6.61 Å². The molecular weight excluding hydrogens is 352 g/mol. The zero-order chi connectivity index (χ0) is 19.2. The topological polar surface area (TPSA) is 59.4 Å². The van der Waals surface area contributed by atoms with Gasteiger partial charge in [-0.05, 0) is 42.5 Å². The first-order valence-electron chi connectivity index (χ1n) is 9.32. The van der Waals surface area contributed by atoms with Crippen LogP contribution in [0.1, 0.15) is 44.2 Å². The molecule has 1 aromatic carbocycles. The van der Waals surface area contributed by atoms with E-state index < -0.39 is 23.4 Å². The zero-order valence-electron chi connectivity index (χ0n) is 15.1. The minimum atomic E-state index is -0.971. The van der Waals surface area contributed by atoms with Crippen LogP contribution in [-0.2, 0) is 11.2 Å². The van der Waals surface area contributed by atoms with Crippen LogP contribution in [0.3, 0.4) is 0 Å². The number of rotatable bonds is 8. The Bertz CT molecular complexity index is 781. The van der Waals surface area contributed by atoms with E-state index in [1.165, 1.54) is 37.8 Å². The number of aromatic nitrogens is 1. The van der Waals surface area contributed by atoms with Gasteiger partial charge >= 0.3 is 5.97 Å². The van der Waals surface area contributed by atoms with Crippen molar-refractivity contribution in [3.8, 4) is 16.9 Å². The van der Waals surface area contributed by atoms with Crippen LogP contribution in [0.25, 0.3) is 11.1 Å². The molecule has 0 saturated heterocycles. The summed E-state index contributed by atoms with van der Waals surface area (Å²) in [7, 11) is 0. The highest BCUT2D eigenvalue weighted by Gasteiger charge is 2.20. The summed E-state index contributed by atoms with van der Waals surface area (Å²) >= 11 is 0. The molecule has 0 atom stereocenters. The molecule has 1 saturated carbocycles. The smallest absolute Gasteiger partial charge is 0.303 e. The predicted octanol–water partition coefficient (Wildman–Crippen LogP) is 5.00. The molecule has 1 aliphatic rings. The van der Waals surface area contributed by atoms with Gasteiger partial charge < -0.3 is 9.84 Å². The molecule has 1 heterocycles. The van der Waals surface area contributed by atoms with Crippen LogP contribution in [0, 0.1) is 17.6 Å². The maximum atomic E-state index is 14.4. The zero-order valence-corrected chi connectivity index (χ0v) is 15.1. The SMILES string of the molecule is O=C(O)CCCOc1c(F)cc(-c2cccnc2CC2CCCC2)cc1F. The molecule has 27 heavy (non-hydrogen) atoms. The van der Waals surface area contributed by atoms with E-state index in [1.807, 2.05) is 6.07 Å². The van der Waals surface area contributed by atoms with Crippen LogP contribution in [0.15, 0.2) is 30.5 Å². The van der Waals surface area contributed by atoms with Crippen LogP contribution >= 0.6 is 0 Å². The average molecular weight is 375 g/mol. The Morgan fingerprint density at radius 3 is 2.59 bits per heavy atom. The molecule has 0 amide bonds. The third-order valence-electron chi connectivity index (χ3n) is 4.94. The van der Waals surface area contributed by atoms with E-state index in [4.69, 9.17) is 9.84 Å². The molecule has 3 rings (SSSR count). The highest BCUT2D eigenvalue weighted by Crippen LogP contribution is 2.33. The summed E-state index contributed by atoms with van der Waals surface area (Å²) in [6, 6.07) is 6.11. The second-order valence-electron chi connectivity index (χ2n) is 6.97. The lowest BCUT2D eigenvalue weighted by Gasteiger charge is -2.14. The third kappa shape index (κ3) is 5.02. The summed E-state index contributed by atoms with van der Waals surface area (Å²) in [5.74, 6) is -2.45. The van der Waals surface area contributed by atoms with Gasteiger partial charge in [0, 0.05) is 23.9 Å². The monoisotopic (exact) mass is 375 g/mol. The molecule has 1 N–H and O–H groups in total. The van der Waals surface area contributed by atoms with Gasteiger partial charge in [-0.25, -0.2) is 8.78 Å². The number of nitrogens with zero attached hydrogens (tertiary/aromatic N) is 1. The lowest BCUT2D eigenvalue weighted by Crippen LogP contribution is -2.06. The maximum absolute atomic E-state index is 14.4. The van der Waals surface area contributed by atoms with Crippen LogP contribution in [0.4, 0.5) is 8.78 Å². The van der Waals surface area contributed by atoms with Crippen molar-refractivity contribution >= 4 is 5.97 Å². The molecule has 6 heteroatoms. The molecule has 0 bridgehead atoms. The highest BCUT2D eigenvalue weighted by molar-refractivity contribution is 5.67. The molecule has 1 fully saturated rings. The number of carboxylic acids is 1. The molecule has 0 radical (unpaired) electrons.